The van der Waals surface area contributed by atoms with E-state index in [2.05, 4.69) is 10.6 Å². The summed E-state index contributed by atoms with van der Waals surface area (Å²) in [6.07, 6.45) is 0.118. The van der Waals surface area contributed by atoms with Crippen LogP contribution in [0.2, 0.25) is 10.0 Å². The Labute approximate surface area is 159 Å². The van der Waals surface area contributed by atoms with E-state index in [1.54, 1.807) is 30.3 Å². The number of fused-ring (bicyclic) bond motifs is 1. The van der Waals surface area contributed by atoms with Crippen molar-refractivity contribution in [1.29, 1.82) is 5.26 Å². The van der Waals surface area contributed by atoms with E-state index >= 15 is 0 Å². The van der Waals surface area contributed by atoms with Gasteiger partial charge in [-0.25, -0.2) is 4.79 Å². The molecule has 0 bridgehead atoms. The molecule has 6 nitrogen and oxygen atoms in total. The molecule has 1 aliphatic rings. The van der Waals surface area contributed by atoms with E-state index in [1.165, 1.54) is 6.07 Å². The van der Waals surface area contributed by atoms with Crippen LogP contribution in [0.15, 0.2) is 36.4 Å². The number of anilines is 1. The van der Waals surface area contributed by atoms with Crippen molar-refractivity contribution >= 4 is 40.8 Å². The van der Waals surface area contributed by atoms with Crippen molar-refractivity contribution in [2.24, 2.45) is 0 Å². The Kier molecular flexibility index (Phi) is 5.03. The number of aliphatic carboxylic acids is 1. The summed E-state index contributed by atoms with van der Waals surface area (Å²) < 4.78 is 0. The van der Waals surface area contributed by atoms with Crippen molar-refractivity contribution in [3.05, 3.63) is 63.1 Å². The molecule has 2 atom stereocenters. The number of carbonyl (C=O) groups is 2. The molecule has 0 saturated carbocycles. The Morgan fingerprint density at radius 3 is 2.73 bits per heavy atom. The lowest BCUT2D eigenvalue weighted by Gasteiger charge is -2.32. The van der Waals surface area contributed by atoms with E-state index in [-0.39, 0.29) is 6.42 Å². The molecule has 26 heavy (non-hydrogen) atoms. The second-order valence-corrected chi connectivity index (χ2v) is 6.68. The number of benzene rings is 2. The van der Waals surface area contributed by atoms with E-state index in [4.69, 9.17) is 28.5 Å². The molecule has 8 heteroatoms. The molecule has 132 valence electrons. The monoisotopic (exact) mass is 389 g/mol. The fraction of sp³-hybridized carbons (Fsp3) is 0.167. The fourth-order valence-electron chi connectivity index (χ4n) is 2.92. The first kappa shape index (κ1) is 18.1. The predicted molar refractivity (Wildman–Crippen MR) is 97.5 cm³/mol. The quantitative estimate of drug-likeness (QED) is 0.743. The zero-order chi connectivity index (χ0) is 18.8. The van der Waals surface area contributed by atoms with E-state index in [1.807, 2.05) is 6.07 Å². The van der Waals surface area contributed by atoms with Crippen LogP contribution in [0.3, 0.4) is 0 Å². The van der Waals surface area contributed by atoms with Crippen molar-refractivity contribution in [3.63, 3.8) is 0 Å². The molecule has 0 spiro atoms. The van der Waals surface area contributed by atoms with Gasteiger partial charge in [0.05, 0.1) is 17.7 Å². The first-order valence-corrected chi connectivity index (χ1v) is 8.44. The second-order valence-electron chi connectivity index (χ2n) is 5.84. The Balaban J connectivity index is 1.95. The van der Waals surface area contributed by atoms with Crippen LogP contribution in [0.5, 0.6) is 0 Å². The van der Waals surface area contributed by atoms with Gasteiger partial charge in [-0.1, -0.05) is 29.3 Å². The van der Waals surface area contributed by atoms with Gasteiger partial charge in [0.1, 0.15) is 6.04 Å². The maximum atomic E-state index is 12.6. The number of hydrogen-bond acceptors (Lipinski definition) is 4. The van der Waals surface area contributed by atoms with Crippen molar-refractivity contribution in [2.75, 3.05) is 5.32 Å². The molecule has 2 aromatic rings. The largest absolute Gasteiger partial charge is 0.480 e. The van der Waals surface area contributed by atoms with E-state index < -0.39 is 24.0 Å². The normalized spacial score (nSPS) is 18.2. The standard InChI is InChI=1S/C18H13Cl2N3O3/c19-11-5-12(20)16-13(6-11)22-15(18(25)26)7-14(16)23-17(24)10-3-1-2-9(4-10)8-21/h1-6,14-15,22H,7H2,(H,23,24)(H,25,26)/t14-,15+/m0/s1. The Morgan fingerprint density at radius 1 is 1.27 bits per heavy atom. The van der Waals surface area contributed by atoms with Crippen LogP contribution in [0, 0.1) is 11.3 Å². The lowest BCUT2D eigenvalue weighted by atomic mass is 9.92. The number of halogens is 2. The van der Waals surface area contributed by atoms with E-state index in [9.17, 15) is 14.7 Å². The number of amides is 1. The minimum absolute atomic E-state index is 0.118. The van der Waals surface area contributed by atoms with Crippen LogP contribution in [0.25, 0.3) is 0 Å². The van der Waals surface area contributed by atoms with Gasteiger partial charge in [0, 0.05) is 33.3 Å². The van der Waals surface area contributed by atoms with Crippen LogP contribution in [-0.2, 0) is 4.79 Å². The molecule has 0 aromatic heterocycles. The molecule has 0 saturated heterocycles. The smallest absolute Gasteiger partial charge is 0.326 e. The second kappa shape index (κ2) is 7.24. The van der Waals surface area contributed by atoms with Gasteiger partial charge in [0.15, 0.2) is 0 Å². The zero-order valence-electron chi connectivity index (χ0n) is 13.3. The van der Waals surface area contributed by atoms with E-state index in [0.717, 1.165) is 0 Å². The highest BCUT2D eigenvalue weighted by atomic mass is 35.5. The highest BCUT2D eigenvalue weighted by Crippen LogP contribution is 2.40. The number of carboxylic acids is 1. The fourth-order valence-corrected chi connectivity index (χ4v) is 3.55. The maximum absolute atomic E-state index is 12.6. The molecule has 1 heterocycles. The number of nitrogens with zero attached hydrogens (tertiary/aromatic N) is 1. The van der Waals surface area contributed by atoms with Gasteiger partial charge >= 0.3 is 5.97 Å². The molecular weight excluding hydrogens is 377 g/mol. The molecule has 1 aliphatic heterocycles. The van der Waals surface area contributed by atoms with Crippen LogP contribution < -0.4 is 10.6 Å². The third kappa shape index (κ3) is 3.59. The Morgan fingerprint density at radius 2 is 2.04 bits per heavy atom. The van der Waals surface area contributed by atoms with Crippen LogP contribution in [-0.4, -0.2) is 23.0 Å². The van der Waals surface area contributed by atoms with Gasteiger partial charge < -0.3 is 15.7 Å². The van der Waals surface area contributed by atoms with Crippen molar-refractivity contribution < 1.29 is 14.7 Å². The van der Waals surface area contributed by atoms with Gasteiger partial charge in [0.2, 0.25) is 0 Å². The third-order valence-corrected chi connectivity index (χ3v) is 4.63. The number of carbonyl (C=O) groups excluding carboxylic acids is 1. The molecule has 2 aromatic carbocycles. The summed E-state index contributed by atoms with van der Waals surface area (Å²) in [6.45, 7) is 0. The minimum atomic E-state index is -1.04. The molecule has 1 amide bonds. The first-order chi connectivity index (χ1) is 12.4. The SMILES string of the molecule is N#Cc1cccc(C(=O)N[C@H]2C[C@H](C(=O)O)Nc3cc(Cl)cc(Cl)c32)c1. The summed E-state index contributed by atoms with van der Waals surface area (Å²) in [6, 6.07) is 9.83. The summed E-state index contributed by atoms with van der Waals surface area (Å²) in [5.41, 5.74) is 1.72. The molecule has 0 radical (unpaired) electrons. The first-order valence-electron chi connectivity index (χ1n) is 7.68. The maximum Gasteiger partial charge on any atom is 0.326 e. The highest BCUT2D eigenvalue weighted by molar-refractivity contribution is 6.35. The molecule has 0 aliphatic carbocycles. The van der Waals surface area contributed by atoms with Crippen molar-refractivity contribution in [2.45, 2.75) is 18.5 Å². The van der Waals surface area contributed by atoms with Gasteiger partial charge in [-0.2, -0.15) is 5.26 Å². The summed E-state index contributed by atoms with van der Waals surface area (Å²) >= 11 is 12.3. The van der Waals surface area contributed by atoms with E-state index in [0.29, 0.717) is 32.4 Å². The summed E-state index contributed by atoms with van der Waals surface area (Å²) in [7, 11) is 0. The topological polar surface area (TPSA) is 102 Å². The lowest BCUT2D eigenvalue weighted by Crippen LogP contribution is -2.41. The lowest BCUT2D eigenvalue weighted by molar-refractivity contribution is -0.138. The Bertz CT molecular complexity index is 940. The molecule has 3 N–H and O–H groups in total. The molecule has 0 fully saturated rings. The van der Waals surface area contributed by atoms with Gasteiger partial charge in [-0.3, -0.25) is 4.79 Å². The van der Waals surface area contributed by atoms with Gasteiger partial charge in [-0.15, -0.1) is 0 Å². The number of carboxylic acid groups (broad SMARTS) is 1. The summed E-state index contributed by atoms with van der Waals surface area (Å²) in [5, 5.41) is 24.7. The van der Waals surface area contributed by atoms with Crippen LogP contribution in [0.1, 0.15) is 33.9 Å². The highest BCUT2D eigenvalue weighted by Gasteiger charge is 2.33. The van der Waals surface area contributed by atoms with Crippen molar-refractivity contribution in [1.82, 2.24) is 5.32 Å². The van der Waals surface area contributed by atoms with Gasteiger partial charge in [-0.05, 0) is 30.3 Å². The summed E-state index contributed by atoms with van der Waals surface area (Å²) in [5.74, 6) is -1.47. The Hall–Kier alpha value is -2.75. The molecule has 3 rings (SSSR count). The molecule has 0 unspecified atom stereocenters. The molecular formula is C18H13Cl2N3O3. The van der Waals surface area contributed by atoms with Gasteiger partial charge in [0.25, 0.3) is 5.91 Å². The summed E-state index contributed by atoms with van der Waals surface area (Å²) in [4.78, 5) is 24.0. The number of nitriles is 1. The predicted octanol–water partition coefficient (Wildman–Crippen LogP) is 3.60. The average molecular weight is 390 g/mol. The van der Waals surface area contributed by atoms with Crippen LogP contribution >= 0.6 is 23.2 Å². The zero-order valence-corrected chi connectivity index (χ0v) is 14.8. The van der Waals surface area contributed by atoms with Crippen LogP contribution in [0.4, 0.5) is 5.69 Å². The minimum Gasteiger partial charge on any atom is -0.480 e. The number of hydrogen-bond donors (Lipinski definition) is 3. The number of rotatable bonds is 3. The average Bonchev–Trinajstić information content (AvgIpc) is 2.60. The van der Waals surface area contributed by atoms with Crippen molar-refractivity contribution in [3.8, 4) is 6.07 Å². The third-order valence-electron chi connectivity index (χ3n) is 4.10. The number of nitrogens with one attached hydrogen (secondary N) is 2.